The minimum atomic E-state index is -0.690. The number of pyridine rings is 1. The number of aryl methyl sites for hydroxylation is 1. The smallest absolute Gasteiger partial charge is 0.254 e. The molecule has 0 unspecified atom stereocenters. The number of fused-ring (bicyclic) bond motifs is 1. The molecule has 1 atom stereocenters. The Balaban J connectivity index is 1.88. The third kappa shape index (κ3) is 2.55. The van der Waals surface area contributed by atoms with Crippen molar-refractivity contribution in [1.29, 1.82) is 0 Å². The van der Waals surface area contributed by atoms with Crippen molar-refractivity contribution in [2.24, 2.45) is 0 Å². The van der Waals surface area contributed by atoms with Gasteiger partial charge in [0.25, 0.3) is 11.5 Å². The summed E-state index contributed by atoms with van der Waals surface area (Å²) in [6.07, 6.45) is 0.939. The quantitative estimate of drug-likeness (QED) is 0.915. The lowest BCUT2D eigenvalue weighted by Gasteiger charge is -2.32. The van der Waals surface area contributed by atoms with Crippen LogP contribution in [-0.4, -0.2) is 27.0 Å². The lowest BCUT2D eigenvalue weighted by molar-refractivity contribution is 0.0549. The van der Waals surface area contributed by atoms with Crippen LogP contribution < -0.4 is 5.56 Å². The number of aliphatic hydroxyl groups excluding tert-OH is 1. The molecular formula is C17H18N2O3. The third-order valence-electron chi connectivity index (χ3n) is 4.04. The molecule has 3 rings (SSSR count). The second-order valence-corrected chi connectivity index (χ2v) is 5.44. The van der Waals surface area contributed by atoms with Gasteiger partial charge in [-0.15, -0.1) is 0 Å². The zero-order chi connectivity index (χ0) is 15.7. The number of nitrogens with zero attached hydrogens (tertiary/aromatic N) is 2. The van der Waals surface area contributed by atoms with Crippen LogP contribution in [0.2, 0.25) is 0 Å². The molecule has 1 amide bonds. The largest absolute Gasteiger partial charge is 0.387 e. The number of β-amino-alcohol motifs (C(OH)–C–C–N with tert-alkyl or cyclic N) is 1. The number of aliphatic hydroxyl groups is 1. The predicted octanol–water partition coefficient (Wildman–Crippen LogP) is 1.56. The van der Waals surface area contributed by atoms with E-state index in [1.807, 2.05) is 31.2 Å². The summed E-state index contributed by atoms with van der Waals surface area (Å²) in [5.41, 5.74) is 1.98. The van der Waals surface area contributed by atoms with E-state index in [-0.39, 0.29) is 18.0 Å². The van der Waals surface area contributed by atoms with Crippen molar-refractivity contribution in [2.45, 2.75) is 26.1 Å². The van der Waals surface area contributed by atoms with E-state index in [0.29, 0.717) is 18.7 Å². The third-order valence-corrected chi connectivity index (χ3v) is 4.04. The lowest BCUT2D eigenvalue weighted by atomic mass is 9.97. The molecule has 0 fully saturated rings. The van der Waals surface area contributed by atoms with Crippen LogP contribution in [0.25, 0.3) is 0 Å². The molecule has 5 heteroatoms. The molecule has 2 aromatic rings. The van der Waals surface area contributed by atoms with E-state index >= 15 is 0 Å². The van der Waals surface area contributed by atoms with E-state index in [0.717, 1.165) is 11.1 Å². The molecule has 22 heavy (non-hydrogen) atoms. The van der Waals surface area contributed by atoms with Crippen LogP contribution in [-0.2, 0) is 13.1 Å². The van der Waals surface area contributed by atoms with Crippen LogP contribution in [0.15, 0.2) is 47.4 Å². The highest BCUT2D eigenvalue weighted by molar-refractivity contribution is 5.94. The molecule has 1 aromatic carbocycles. The summed E-state index contributed by atoms with van der Waals surface area (Å²) in [6, 6.07) is 10.6. The Morgan fingerprint density at radius 2 is 2.09 bits per heavy atom. The number of hydrogen-bond donors (Lipinski definition) is 1. The summed E-state index contributed by atoms with van der Waals surface area (Å²) in [5.74, 6) is -0.228. The lowest BCUT2D eigenvalue weighted by Crippen LogP contribution is -2.38. The molecule has 0 saturated heterocycles. The second-order valence-electron chi connectivity index (χ2n) is 5.44. The number of benzene rings is 1. The molecule has 0 radical (unpaired) electrons. The first-order valence-electron chi connectivity index (χ1n) is 7.35. The second kappa shape index (κ2) is 5.77. The maximum atomic E-state index is 12.6. The van der Waals surface area contributed by atoms with Gasteiger partial charge < -0.3 is 14.6 Å². The Morgan fingerprint density at radius 3 is 2.82 bits per heavy atom. The van der Waals surface area contributed by atoms with E-state index in [4.69, 9.17) is 0 Å². The molecule has 0 saturated carbocycles. The van der Waals surface area contributed by atoms with Gasteiger partial charge in [0.2, 0.25) is 0 Å². The van der Waals surface area contributed by atoms with Crippen molar-refractivity contribution in [2.75, 3.05) is 6.54 Å². The van der Waals surface area contributed by atoms with Gasteiger partial charge in [0.1, 0.15) is 0 Å². The summed E-state index contributed by atoms with van der Waals surface area (Å²) >= 11 is 0. The van der Waals surface area contributed by atoms with Crippen molar-refractivity contribution in [1.82, 2.24) is 9.47 Å². The van der Waals surface area contributed by atoms with Gasteiger partial charge in [-0.05, 0) is 24.1 Å². The van der Waals surface area contributed by atoms with Gasteiger partial charge >= 0.3 is 0 Å². The van der Waals surface area contributed by atoms with Crippen molar-refractivity contribution in [3.05, 3.63) is 69.6 Å². The highest BCUT2D eigenvalue weighted by Gasteiger charge is 2.27. The molecule has 5 nitrogen and oxygen atoms in total. The van der Waals surface area contributed by atoms with Crippen LogP contribution in [0, 0.1) is 0 Å². The predicted molar refractivity (Wildman–Crippen MR) is 82.5 cm³/mol. The Kier molecular flexibility index (Phi) is 3.81. The summed E-state index contributed by atoms with van der Waals surface area (Å²) in [5, 5.41) is 10.2. The number of carbonyl (C=O) groups excluding carboxylic acids is 1. The highest BCUT2D eigenvalue weighted by atomic mass is 16.3. The average molecular weight is 298 g/mol. The monoisotopic (exact) mass is 298 g/mol. The Hall–Kier alpha value is -2.40. The van der Waals surface area contributed by atoms with Crippen LogP contribution in [0.4, 0.5) is 0 Å². The Labute approximate surface area is 128 Å². The fraction of sp³-hybridized carbons (Fsp3) is 0.294. The maximum absolute atomic E-state index is 12.6. The minimum absolute atomic E-state index is 0.189. The molecule has 0 aliphatic carbocycles. The zero-order valence-corrected chi connectivity index (χ0v) is 12.4. The fourth-order valence-corrected chi connectivity index (χ4v) is 2.82. The fourth-order valence-electron chi connectivity index (χ4n) is 2.82. The van der Waals surface area contributed by atoms with Gasteiger partial charge in [-0.1, -0.05) is 24.3 Å². The number of aromatic nitrogens is 1. The van der Waals surface area contributed by atoms with Crippen molar-refractivity contribution >= 4 is 5.91 Å². The van der Waals surface area contributed by atoms with Gasteiger partial charge in [0.15, 0.2) is 0 Å². The molecular weight excluding hydrogens is 280 g/mol. The zero-order valence-electron chi connectivity index (χ0n) is 12.4. The molecule has 0 spiro atoms. The molecule has 0 bridgehead atoms. The van der Waals surface area contributed by atoms with Crippen molar-refractivity contribution in [3.8, 4) is 0 Å². The first kappa shape index (κ1) is 14.5. The van der Waals surface area contributed by atoms with E-state index in [1.165, 1.54) is 10.6 Å². The molecule has 2 heterocycles. The van der Waals surface area contributed by atoms with Gasteiger partial charge in [-0.25, -0.2) is 0 Å². The van der Waals surface area contributed by atoms with Crippen LogP contribution in [0.3, 0.4) is 0 Å². The Morgan fingerprint density at radius 1 is 1.32 bits per heavy atom. The van der Waals surface area contributed by atoms with Crippen molar-refractivity contribution in [3.63, 3.8) is 0 Å². The Bertz CT molecular complexity index is 766. The topological polar surface area (TPSA) is 62.5 Å². The minimum Gasteiger partial charge on any atom is -0.387 e. The van der Waals surface area contributed by atoms with Crippen molar-refractivity contribution < 1.29 is 9.90 Å². The van der Waals surface area contributed by atoms with Gasteiger partial charge in [0.05, 0.1) is 12.6 Å². The van der Waals surface area contributed by atoms with Crippen LogP contribution in [0.1, 0.15) is 34.5 Å². The van der Waals surface area contributed by atoms with E-state index in [9.17, 15) is 14.7 Å². The number of carbonyl (C=O) groups is 1. The summed E-state index contributed by atoms with van der Waals surface area (Å²) < 4.78 is 1.54. The van der Waals surface area contributed by atoms with E-state index < -0.39 is 6.10 Å². The van der Waals surface area contributed by atoms with Gasteiger partial charge in [-0.3, -0.25) is 9.59 Å². The number of rotatable bonds is 2. The SMILES string of the molecule is CCn1ccc(C(=O)N2Cc3ccccc3[C@@H](O)C2)cc1=O. The van der Waals surface area contributed by atoms with E-state index in [2.05, 4.69) is 0 Å². The molecule has 1 aromatic heterocycles. The number of hydrogen-bond acceptors (Lipinski definition) is 3. The molecule has 114 valence electrons. The molecule has 1 N–H and O–H groups in total. The highest BCUT2D eigenvalue weighted by Crippen LogP contribution is 2.26. The standard InChI is InChI=1S/C17H18N2O3/c1-2-18-8-7-12(9-16(18)21)17(22)19-10-13-5-3-4-6-14(13)15(20)11-19/h3-9,15,20H,2,10-11H2,1H3/t15-/m0/s1. The first-order valence-corrected chi connectivity index (χ1v) is 7.35. The normalized spacial score (nSPS) is 17.2. The van der Waals surface area contributed by atoms with E-state index in [1.54, 1.807) is 17.2 Å². The van der Waals surface area contributed by atoms with Crippen LogP contribution >= 0.6 is 0 Å². The first-order chi connectivity index (χ1) is 10.6. The summed E-state index contributed by atoms with van der Waals surface area (Å²) in [6.45, 7) is 3.14. The maximum Gasteiger partial charge on any atom is 0.254 e. The average Bonchev–Trinajstić information content (AvgIpc) is 2.54. The van der Waals surface area contributed by atoms with Gasteiger partial charge in [-0.2, -0.15) is 0 Å². The van der Waals surface area contributed by atoms with Gasteiger partial charge in [0, 0.05) is 30.9 Å². The number of amides is 1. The summed E-state index contributed by atoms with van der Waals surface area (Å²) in [4.78, 5) is 26.0. The van der Waals surface area contributed by atoms with Crippen LogP contribution in [0.5, 0.6) is 0 Å². The summed E-state index contributed by atoms with van der Waals surface area (Å²) in [7, 11) is 0. The molecule has 1 aliphatic rings. The molecule has 1 aliphatic heterocycles.